The summed E-state index contributed by atoms with van der Waals surface area (Å²) in [5, 5.41) is 9.86. The van der Waals surface area contributed by atoms with Crippen molar-refractivity contribution in [2.24, 2.45) is 0 Å². The quantitative estimate of drug-likeness (QED) is 0.412. The standard InChI is InChI=1S/C24H17N3O2S/c28-23(25-15-18-12-7-13-30-18)19-14-20(16-8-3-1-4-9-16)26-24-21(19)22(27-29-24)17-10-5-2-6-11-17/h1-14H,15H2,(H,25,28). The molecule has 0 aliphatic carbocycles. The fraction of sp³-hybridized carbons (Fsp3) is 0.0417. The normalized spacial score (nSPS) is 10.9. The molecule has 0 saturated heterocycles. The molecule has 30 heavy (non-hydrogen) atoms. The Hall–Kier alpha value is -3.77. The van der Waals surface area contributed by atoms with Crippen molar-refractivity contribution in [3.05, 3.63) is 94.7 Å². The van der Waals surface area contributed by atoms with Gasteiger partial charge in [-0.1, -0.05) is 71.9 Å². The molecular formula is C24H17N3O2S. The summed E-state index contributed by atoms with van der Waals surface area (Å²) >= 11 is 1.61. The SMILES string of the molecule is O=C(NCc1cccs1)c1cc(-c2ccccc2)nc2onc(-c3ccccc3)c12. The fourth-order valence-electron chi connectivity index (χ4n) is 3.36. The van der Waals surface area contributed by atoms with Crippen LogP contribution in [-0.2, 0) is 6.54 Å². The number of rotatable bonds is 5. The Morgan fingerprint density at radius 2 is 1.67 bits per heavy atom. The summed E-state index contributed by atoms with van der Waals surface area (Å²) in [5.41, 5.74) is 3.90. The van der Waals surface area contributed by atoms with Gasteiger partial charge in [0, 0.05) is 16.0 Å². The topological polar surface area (TPSA) is 68.0 Å². The second-order valence-electron chi connectivity index (χ2n) is 6.76. The third-order valence-electron chi connectivity index (χ3n) is 4.81. The zero-order valence-electron chi connectivity index (χ0n) is 15.9. The van der Waals surface area contributed by atoms with E-state index in [4.69, 9.17) is 4.52 Å². The van der Waals surface area contributed by atoms with Crippen LogP contribution >= 0.6 is 11.3 Å². The smallest absolute Gasteiger partial charge is 0.259 e. The second-order valence-corrected chi connectivity index (χ2v) is 7.79. The molecule has 0 unspecified atom stereocenters. The van der Waals surface area contributed by atoms with E-state index >= 15 is 0 Å². The van der Waals surface area contributed by atoms with E-state index in [1.54, 1.807) is 11.3 Å². The van der Waals surface area contributed by atoms with Gasteiger partial charge < -0.3 is 9.84 Å². The Morgan fingerprint density at radius 1 is 0.933 bits per heavy atom. The molecule has 0 bridgehead atoms. The molecular weight excluding hydrogens is 394 g/mol. The summed E-state index contributed by atoms with van der Waals surface area (Å²) < 4.78 is 5.57. The zero-order valence-corrected chi connectivity index (χ0v) is 16.7. The number of carbonyl (C=O) groups is 1. The number of nitrogens with one attached hydrogen (secondary N) is 1. The van der Waals surface area contributed by atoms with Crippen LogP contribution < -0.4 is 5.32 Å². The Balaban J connectivity index is 1.64. The van der Waals surface area contributed by atoms with Crippen LogP contribution in [0.25, 0.3) is 33.6 Å². The van der Waals surface area contributed by atoms with Crippen molar-refractivity contribution in [1.82, 2.24) is 15.5 Å². The average Bonchev–Trinajstić information content (AvgIpc) is 3.48. The molecule has 146 valence electrons. The lowest BCUT2D eigenvalue weighted by Gasteiger charge is -2.08. The van der Waals surface area contributed by atoms with E-state index in [1.807, 2.05) is 84.2 Å². The zero-order chi connectivity index (χ0) is 20.3. The highest BCUT2D eigenvalue weighted by Gasteiger charge is 2.22. The van der Waals surface area contributed by atoms with Crippen molar-refractivity contribution in [1.29, 1.82) is 0 Å². The van der Waals surface area contributed by atoms with Gasteiger partial charge in [-0.25, -0.2) is 4.98 Å². The summed E-state index contributed by atoms with van der Waals surface area (Å²) in [5.74, 6) is -0.187. The van der Waals surface area contributed by atoms with Gasteiger partial charge in [-0.3, -0.25) is 4.79 Å². The van der Waals surface area contributed by atoms with E-state index in [2.05, 4.69) is 15.5 Å². The maximum absolute atomic E-state index is 13.2. The van der Waals surface area contributed by atoms with Crippen LogP contribution in [-0.4, -0.2) is 16.0 Å². The highest BCUT2D eigenvalue weighted by atomic mass is 32.1. The van der Waals surface area contributed by atoms with Gasteiger partial charge in [0.2, 0.25) is 0 Å². The molecule has 0 spiro atoms. The Kier molecular flexibility index (Phi) is 4.83. The van der Waals surface area contributed by atoms with E-state index in [1.165, 1.54) is 0 Å². The minimum atomic E-state index is -0.187. The van der Waals surface area contributed by atoms with Gasteiger partial charge in [0.25, 0.3) is 11.6 Å². The first-order valence-corrected chi connectivity index (χ1v) is 10.4. The lowest BCUT2D eigenvalue weighted by Crippen LogP contribution is -2.22. The first kappa shape index (κ1) is 18.3. The average molecular weight is 411 g/mol. The lowest BCUT2D eigenvalue weighted by molar-refractivity contribution is 0.0953. The maximum Gasteiger partial charge on any atom is 0.259 e. The molecule has 2 aromatic carbocycles. The molecule has 0 atom stereocenters. The van der Waals surface area contributed by atoms with Gasteiger partial charge in [-0.2, -0.15) is 0 Å². The van der Waals surface area contributed by atoms with Gasteiger partial charge in [0.1, 0.15) is 5.69 Å². The molecule has 1 amide bonds. The minimum absolute atomic E-state index is 0.187. The monoisotopic (exact) mass is 411 g/mol. The van der Waals surface area contributed by atoms with Crippen LogP contribution in [0.4, 0.5) is 0 Å². The third-order valence-corrected chi connectivity index (χ3v) is 5.69. The van der Waals surface area contributed by atoms with Gasteiger partial charge in [-0.05, 0) is 17.5 Å². The van der Waals surface area contributed by atoms with Crippen LogP contribution in [0.5, 0.6) is 0 Å². The Bertz CT molecular complexity index is 1300. The molecule has 3 aromatic heterocycles. The number of thiophene rings is 1. The first-order chi connectivity index (χ1) is 14.8. The Labute approximate surface area is 177 Å². The number of carbonyl (C=O) groups excluding carboxylic acids is 1. The molecule has 6 heteroatoms. The largest absolute Gasteiger partial charge is 0.347 e. The van der Waals surface area contributed by atoms with Crippen molar-refractivity contribution in [2.45, 2.75) is 6.54 Å². The lowest BCUT2D eigenvalue weighted by atomic mass is 10.0. The molecule has 5 aromatic rings. The third kappa shape index (κ3) is 3.49. The van der Waals surface area contributed by atoms with E-state index in [9.17, 15) is 4.79 Å². The first-order valence-electron chi connectivity index (χ1n) is 9.51. The van der Waals surface area contributed by atoms with Gasteiger partial charge in [-0.15, -0.1) is 11.3 Å². The van der Waals surface area contributed by atoms with Gasteiger partial charge in [0.15, 0.2) is 0 Å². The van der Waals surface area contributed by atoms with Crippen LogP contribution in [0.3, 0.4) is 0 Å². The molecule has 0 radical (unpaired) electrons. The van der Waals surface area contributed by atoms with Crippen LogP contribution in [0, 0.1) is 0 Å². The van der Waals surface area contributed by atoms with Gasteiger partial charge in [0.05, 0.1) is 23.2 Å². The maximum atomic E-state index is 13.2. The highest BCUT2D eigenvalue weighted by Crippen LogP contribution is 2.32. The summed E-state index contributed by atoms with van der Waals surface area (Å²) in [6.45, 7) is 0.465. The number of amides is 1. The number of hydrogen-bond donors (Lipinski definition) is 1. The molecule has 0 saturated carbocycles. The highest BCUT2D eigenvalue weighted by molar-refractivity contribution is 7.09. The van der Waals surface area contributed by atoms with Gasteiger partial charge >= 0.3 is 0 Å². The van der Waals surface area contributed by atoms with E-state index in [0.717, 1.165) is 16.0 Å². The summed E-state index contributed by atoms with van der Waals surface area (Å²) in [4.78, 5) is 18.9. The number of fused-ring (bicyclic) bond motifs is 1. The Morgan fingerprint density at radius 3 is 2.37 bits per heavy atom. The van der Waals surface area contributed by atoms with Crippen molar-refractivity contribution in [3.8, 4) is 22.5 Å². The van der Waals surface area contributed by atoms with E-state index in [-0.39, 0.29) is 5.91 Å². The van der Waals surface area contributed by atoms with E-state index < -0.39 is 0 Å². The summed E-state index contributed by atoms with van der Waals surface area (Å²) in [7, 11) is 0. The van der Waals surface area contributed by atoms with Crippen molar-refractivity contribution >= 4 is 28.3 Å². The minimum Gasteiger partial charge on any atom is -0.347 e. The van der Waals surface area contributed by atoms with Crippen molar-refractivity contribution in [3.63, 3.8) is 0 Å². The van der Waals surface area contributed by atoms with Crippen LogP contribution in [0.15, 0.2) is 88.8 Å². The number of benzene rings is 2. The fourth-order valence-corrected chi connectivity index (χ4v) is 4.00. The molecule has 0 aliphatic rings. The molecule has 0 fully saturated rings. The summed E-state index contributed by atoms with van der Waals surface area (Å²) in [6, 6.07) is 25.2. The number of pyridine rings is 1. The predicted molar refractivity (Wildman–Crippen MR) is 118 cm³/mol. The predicted octanol–water partition coefficient (Wildman–Crippen LogP) is 5.55. The summed E-state index contributed by atoms with van der Waals surface area (Å²) in [6.07, 6.45) is 0. The second kappa shape index (κ2) is 7.93. The van der Waals surface area contributed by atoms with E-state index in [0.29, 0.717) is 34.6 Å². The van der Waals surface area contributed by atoms with Crippen molar-refractivity contribution < 1.29 is 9.32 Å². The van der Waals surface area contributed by atoms with Crippen LogP contribution in [0.1, 0.15) is 15.2 Å². The van der Waals surface area contributed by atoms with Crippen LogP contribution in [0.2, 0.25) is 0 Å². The molecule has 1 N–H and O–H groups in total. The number of hydrogen-bond acceptors (Lipinski definition) is 5. The molecule has 5 nitrogen and oxygen atoms in total. The van der Waals surface area contributed by atoms with Crippen molar-refractivity contribution in [2.75, 3.05) is 0 Å². The molecule has 5 rings (SSSR count). The number of nitrogens with zero attached hydrogens (tertiary/aromatic N) is 2. The number of aromatic nitrogens is 2. The molecule has 0 aliphatic heterocycles. The molecule has 3 heterocycles.